The molecule has 2 heterocycles. The van der Waals surface area contributed by atoms with Crippen LogP contribution >= 0.6 is 27.7 Å². The molecule has 0 aliphatic carbocycles. The lowest BCUT2D eigenvalue weighted by atomic mass is 9.96. The monoisotopic (exact) mass is 491 g/mol. The molecule has 10 heteroatoms. The fourth-order valence-corrected chi connectivity index (χ4v) is 3.98. The summed E-state index contributed by atoms with van der Waals surface area (Å²) in [5.41, 5.74) is -0.425. The molecule has 0 fully saturated rings. The summed E-state index contributed by atoms with van der Waals surface area (Å²) in [6.07, 6.45) is 0. The van der Waals surface area contributed by atoms with Crippen molar-refractivity contribution in [3.05, 3.63) is 55.4 Å². The number of nitrogens with zero attached hydrogens (tertiary/aromatic N) is 4. The minimum Gasteiger partial charge on any atom is -0.325 e. The highest BCUT2D eigenvalue weighted by Crippen LogP contribution is 2.27. The maximum atomic E-state index is 12.8. The van der Waals surface area contributed by atoms with Gasteiger partial charge in [0.2, 0.25) is 5.91 Å². The van der Waals surface area contributed by atoms with Gasteiger partial charge in [-0.1, -0.05) is 54.5 Å². The first kappa shape index (κ1) is 22.2. The molecule has 1 aromatic carbocycles. The first-order valence-electron chi connectivity index (χ1n) is 9.15. The zero-order valence-corrected chi connectivity index (χ0v) is 19.7. The van der Waals surface area contributed by atoms with E-state index < -0.39 is 16.7 Å². The number of halogens is 1. The Morgan fingerprint density at radius 2 is 1.87 bits per heavy atom. The van der Waals surface area contributed by atoms with Gasteiger partial charge in [-0.2, -0.15) is 0 Å². The first-order chi connectivity index (χ1) is 14.0. The number of aromatic nitrogens is 4. The molecule has 0 aliphatic rings. The molecule has 0 atom stereocenters. The number of aryl methyl sites for hydroxylation is 1. The lowest BCUT2D eigenvalue weighted by Crippen LogP contribution is -2.38. The molecule has 0 saturated heterocycles. The van der Waals surface area contributed by atoms with Gasteiger partial charge in [0.1, 0.15) is 16.2 Å². The number of hydrogen-bond donors (Lipinski definition) is 1. The van der Waals surface area contributed by atoms with Gasteiger partial charge in [0.15, 0.2) is 5.65 Å². The average Bonchev–Trinajstić information content (AvgIpc) is 2.67. The molecule has 30 heavy (non-hydrogen) atoms. The number of nitrogens with one attached hydrogen (secondary N) is 1. The lowest BCUT2D eigenvalue weighted by Gasteiger charge is -2.19. The number of carbonyl (C=O) groups excluding carboxylic acids is 1. The minimum atomic E-state index is -0.483. The third-order valence-electron chi connectivity index (χ3n) is 4.39. The van der Waals surface area contributed by atoms with Crippen LogP contribution in [0.25, 0.3) is 11.0 Å². The summed E-state index contributed by atoms with van der Waals surface area (Å²) in [6.45, 7) is 5.84. The van der Waals surface area contributed by atoms with Gasteiger partial charge >= 0.3 is 5.69 Å². The highest BCUT2D eigenvalue weighted by Gasteiger charge is 2.24. The van der Waals surface area contributed by atoms with Crippen LogP contribution in [0.5, 0.6) is 0 Å². The van der Waals surface area contributed by atoms with Gasteiger partial charge in [-0.25, -0.2) is 14.8 Å². The Kier molecular flexibility index (Phi) is 6.19. The van der Waals surface area contributed by atoms with E-state index in [9.17, 15) is 14.4 Å². The molecule has 3 rings (SSSR count). The Morgan fingerprint density at radius 1 is 1.17 bits per heavy atom. The zero-order chi connectivity index (χ0) is 22.2. The van der Waals surface area contributed by atoms with Crippen molar-refractivity contribution in [2.45, 2.75) is 31.2 Å². The van der Waals surface area contributed by atoms with Crippen LogP contribution in [0.3, 0.4) is 0 Å². The second-order valence-electron chi connectivity index (χ2n) is 7.85. The van der Waals surface area contributed by atoms with E-state index in [0.29, 0.717) is 16.5 Å². The Hall–Kier alpha value is -2.46. The number of thioether (sulfide) groups is 1. The van der Waals surface area contributed by atoms with Crippen LogP contribution in [0.4, 0.5) is 5.69 Å². The molecule has 2 aromatic heterocycles. The number of rotatable bonds is 4. The summed E-state index contributed by atoms with van der Waals surface area (Å²) in [6, 6.07) is 7.28. The second kappa shape index (κ2) is 8.35. The fourth-order valence-electron chi connectivity index (χ4n) is 2.77. The van der Waals surface area contributed by atoms with Crippen molar-refractivity contribution in [3.63, 3.8) is 0 Å². The average molecular weight is 492 g/mol. The summed E-state index contributed by atoms with van der Waals surface area (Å²) >= 11 is 4.52. The molecule has 158 valence electrons. The van der Waals surface area contributed by atoms with Crippen molar-refractivity contribution in [3.8, 4) is 0 Å². The van der Waals surface area contributed by atoms with Crippen LogP contribution < -0.4 is 16.6 Å². The molecule has 1 N–H and O–H groups in total. The van der Waals surface area contributed by atoms with E-state index in [0.717, 1.165) is 20.8 Å². The van der Waals surface area contributed by atoms with Gasteiger partial charge in [-0.15, -0.1) is 0 Å². The van der Waals surface area contributed by atoms with Gasteiger partial charge in [-0.05, 0) is 18.2 Å². The molecule has 8 nitrogen and oxygen atoms in total. The van der Waals surface area contributed by atoms with Crippen LogP contribution in [0, 0.1) is 0 Å². The van der Waals surface area contributed by atoms with Gasteiger partial charge in [0.05, 0.1) is 5.75 Å². The maximum absolute atomic E-state index is 12.8. The Bertz CT molecular complexity index is 1260. The summed E-state index contributed by atoms with van der Waals surface area (Å²) in [4.78, 5) is 46.7. The Morgan fingerprint density at radius 3 is 2.50 bits per heavy atom. The standard InChI is InChI=1S/C20H22BrN5O3S/c1-20(2,3)18-23-15-14(17(28)26(5)19(29)25(15)4)16(24-18)30-10-13(27)22-12-8-6-7-11(21)9-12/h6-9H,10H2,1-5H3,(H,22,27). The molecule has 0 radical (unpaired) electrons. The molecule has 0 aliphatic heterocycles. The third kappa shape index (κ3) is 4.49. The smallest absolute Gasteiger partial charge is 0.325 e. The maximum Gasteiger partial charge on any atom is 0.332 e. The third-order valence-corrected chi connectivity index (χ3v) is 5.85. The van der Waals surface area contributed by atoms with E-state index in [1.54, 1.807) is 19.2 Å². The van der Waals surface area contributed by atoms with Crippen molar-refractivity contribution in [2.24, 2.45) is 14.1 Å². The van der Waals surface area contributed by atoms with E-state index in [4.69, 9.17) is 0 Å². The molecule has 0 bridgehead atoms. The quantitative estimate of drug-likeness (QED) is 0.444. The predicted octanol–water partition coefficient (Wildman–Crippen LogP) is 2.82. The molecule has 0 spiro atoms. The number of carbonyl (C=O) groups is 1. The molecular formula is C20H22BrN5O3S. The zero-order valence-electron chi connectivity index (χ0n) is 17.3. The van der Waals surface area contributed by atoms with Crippen molar-refractivity contribution in [2.75, 3.05) is 11.1 Å². The normalized spacial score (nSPS) is 11.7. The van der Waals surface area contributed by atoms with Crippen LogP contribution in [-0.4, -0.2) is 30.8 Å². The number of benzene rings is 1. The van der Waals surface area contributed by atoms with Crippen molar-refractivity contribution in [1.82, 2.24) is 19.1 Å². The van der Waals surface area contributed by atoms with E-state index in [1.807, 2.05) is 32.9 Å². The lowest BCUT2D eigenvalue weighted by molar-refractivity contribution is -0.113. The van der Waals surface area contributed by atoms with E-state index >= 15 is 0 Å². The molecule has 1 amide bonds. The molecule has 0 unspecified atom stereocenters. The summed E-state index contributed by atoms with van der Waals surface area (Å²) in [5.74, 6) is 0.311. The molecule has 0 saturated carbocycles. The van der Waals surface area contributed by atoms with E-state index in [1.165, 1.54) is 11.6 Å². The second-order valence-corrected chi connectivity index (χ2v) is 9.73. The first-order valence-corrected chi connectivity index (χ1v) is 10.9. The highest BCUT2D eigenvalue weighted by molar-refractivity contribution is 9.10. The molecular weight excluding hydrogens is 470 g/mol. The van der Waals surface area contributed by atoms with Crippen LogP contribution in [0.2, 0.25) is 0 Å². The number of fused-ring (bicyclic) bond motifs is 1. The molecule has 3 aromatic rings. The van der Waals surface area contributed by atoms with Crippen LogP contribution in [0.15, 0.2) is 43.4 Å². The van der Waals surface area contributed by atoms with Gasteiger partial charge in [0.25, 0.3) is 5.56 Å². The number of anilines is 1. The number of amides is 1. The van der Waals surface area contributed by atoms with Crippen LogP contribution in [-0.2, 0) is 24.3 Å². The van der Waals surface area contributed by atoms with Crippen molar-refractivity contribution < 1.29 is 4.79 Å². The van der Waals surface area contributed by atoms with Gasteiger partial charge in [0, 0.05) is 29.7 Å². The fraction of sp³-hybridized carbons (Fsp3) is 0.350. The minimum absolute atomic E-state index is 0.0498. The Balaban J connectivity index is 2.02. The summed E-state index contributed by atoms with van der Waals surface area (Å²) in [7, 11) is 2.98. The van der Waals surface area contributed by atoms with Crippen LogP contribution in [0.1, 0.15) is 26.6 Å². The van der Waals surface area contributed by atoms with E-state index in [-0.39, 0.29) is 22.7 Å². The highest BCUT2D eigenvalue weighted by atomic mass is 79.9. The van der Waals surface area contributed by atoms with E-state index in [2.05, 4.69) is 31.2 Å². The summed E-state index contributed by atoms with van der Waals surface area (Å²) < 4.78 is 3.21. The largest absolute Gasteiger partial charge is 0.332 e. The number of hydrogen-bond acceptors (Lipinski definition) is 6. The SMILES string of the molecule is Cn1c(=O)c2c(SCC(=O)Nc3cccc(Br)c3)nc(C(C)(C)C)nc2n(C)c1=O. The summed E-state index contributed by atoms with van der Waals surface area (Å²) in [5, 5.41) is 3.43. The topological polar surface area (TPSA) is 98.9 Å². The van der Waals surface area contributed by atoms with Gasteiger partial charge in [-0.3, -0.25) is 18.7 Å². The van der Waals surface area contributed by atoms with Crippen molar-refractivity contribution in [1.29, 1.82) is 0 Å². The predicted molar refractivity (Wildman–Crippen MR) is 122 cm³/mol. The Labute approximate surface area is 185 Å². The van der Waals surface area contributed by atoms with Gasteiger partial charge < -0.3 is 5.32 Å². The van der Waals surface area contributed by atoms with Crippen molar-refractivity contribution >= 4 is 50.3 Å².